The van der Waals surface area contributed by atoms with E-state index in [0.29, 0.717) is 12.1 Å². The lowest BCUT2D eigenvalue weighted by atomic mass is 10.3. The van der Waals surface area contributed by atoms with Gasteiger partial charge in [-0.1, -0.05) is 6.92 Å². The number of fused-ring (bicyclic) bond motifs is 1. The molecule has 0 spiro atoms. The van der Waals surface area contributed by atoms with Crippen LogP contribution in [0.25, 0.3) is 5.65 Å². The highest BCUT2D eigenvalue weighted by Crippen LogP contribution is 2.13. The molecule has 0 saturated heterocycles. The number of halogens is 1. The molecule has 0 saturated carbocycles. The van der Waals surface area contributed by atoms with Crippen molar-refractivity contribution in [1.29, 1.82) is 0 Å². The summed E-state index contributed by atoms with van der Waals surface area (Å²) in [4.78, 5) is 13.2. The van der Waals surface area contributed by atoms with E-state index >= 15 is 0 Å². The maximum atomic E-state index is 12.9. The number of aromatic nitrogens is 3. The van der Waals surface area contributed by atoms with Gasteiger partial charge in [0, 0.05) is 6.07 Å². The molecule has 2 N–H and O–H groups in total. The number of hydrogen-bond acceptors (Lipinski definition) is 3. The van der Waals surface area contributed by atoms with Crippen LogP contribution in [0.1, 0.15) is 12.6 Å². The second kappa shape index (κ2) is 2.83. The minimum absolute atomic E-state index is 0.283. The maximum absolute atomic E-state index is 12.9. The lowest BCUT2D eigenvalue weighted by Gasteiger charge is -1.96. The fraction of sp³-hybridized carbons (Fsp3) is 0.250. The SMILES string of the molecule is CCc1cc2[nH]c(=O)c(F)c(O)n2n1. The Morgan fingerprint density at radius 3 is 3.07 bits per heavy atom. The molecule has 0 aliphatic heterocycles. The van der Waals surface area contributed by atoms with Crippen molar-refractivity contribution in [3.8, 4) is 5.88 Å². The molecule has 0 radical (unpaired) electrons. The van der Waals surface area contributed by atoms with Crippen molar-refractivity contribution in [2.24, 2.45) is 0 Å². The molecule has 0 aromatic carbocycles. The van der Waals surface area contributed by atoms with E-state index in [1.54, 1.807) is 6.07 Å². The predicted molar refractivity (Wildman–Crippen MR) is 46.8 cm³/mol. The van der Waals surface area contributed by atoms with Gasteiger partial charge in [-0.3, -0.25) is 4.79 Å². The van der Waals surface area contributed by atoms with Crippen molar-refractivity contribution in [3.05, 3.63) is 27.9 Å². The first-order valence-corrected chi connectivity index (χ1v) is 4.13. The van der Waals surface area contributed by atoms with E-state index in [9.17, 15) is 14.3 Å². The van der Waals surface area contributed by atoms with Gasteiger partial charge in [-0.25, -0.2) is 0 Å². The Morgan fingerprint density at radius 2 is 2.43 bits per heavy atom. The Bertz CT molecular complexity index is 543. The lowest BCUT2D eigenvalue weighted by Crippen LogP contribution is -2.13. The van der Waals surface area contributed by atoms with Gasteiger partial charge in [-0.2, -0.15) is 14.0 Å². The molecule has 0 atom stereocenters. The van der Waals surface area contributed by atoms with Crippen molar-refractivity contribution in [3.63, 3.8) is 0 Å². The van der Waals surface area contributed by atoms with Crippen LogP contribution in [-0.2, 0) is 6.42 Å². The molecule has 0 bridgehead atoms. The topological polar surface area (TPSA) is 70.4 Å². The molecule has 2 rings (SSSR count). The smallest absolute Gasteiger partial charge is 0.291 e. The van der Waals surface area contributed by atoms with E-state index in [-0.39, 0.29) is 5.65 Å². The van der Waals surface area contributed by atoms with Gasteiger partial charge in [0.25, 0.3) is 11.4 Å². The number of aromatic amines is 1. The summed E-state index contributed by atoms with van der Waals surface area (Å²) in [5.74, 6) is -1.98. The number of nitrogens with zero attached hydrogens (tertiary/aromatic N) is 2. The van der Waals surface area contributed by atoms with Crippen LogP contribution in [0.3, 0.4) is 0 Å². The molecule has 5 nitrogen and oxygen atoms in total. The van der Waals surface area contributed by atoms with Gasteiger partial charge in [0.1, 0.15) is 5.65 Å². The van der Waals surface area contributed by atoms with Crippen LogP contribution in [0.15, 0.2) is 10.9 Å². The molecule has 14 heavy (non-hydrogen) atoms. The molecule has 0 amide bonds. The Kier molecular flexibility index (Phi) is 1.77. The standard InChI is InChI=1S/C8H8FN3O2/c1-2-4-3-5-10-7(13)6(9)8(14)12(5)11-4/h3,14H,2H2,1H3,(H,10,13). The zero-order chi connectivity index (χ0) is 10.3. The van der Waals surface area contributed by atoms with Crippen molar-refractivity contribution in [1.82, 2.24) is 14.6 Å². The zero-order valence-corrected chi connectivity index (χ0v) is 7.41. The van der Waals surface area contributed by atoms with Crippen molar-refractivity contribution < 1.29 is 9.50 Å². The highest BCUT2D eigenvalue weighted by Gasteiger charge is 2.12. The Labute approximate surface area is 77.8 Å². The van der Waals surface area contributed by atoms with Crippen LogP contribution in [-0.4, -0.2) is 19.7 Å². The van der Waals surface area contributed by atoms with Crippen LogP contribution < -0.4 is 5.56 Å². The fourth-order valence-corrected chi connectivity index (χ4v) is 1.22. The molecule has 0 unspecified atom stereocenters. The van der Waals surface area contributed by atoms with E-state index in [1.165, 1.54) is 0 Å². The maximum Gasteiger partial charge on any atom is 0.291 e. The third-order valence-corrected chi connectivity index (χ3v) is 1.96. The van der Waals surface area contributed by atoms with Gasteiger partial charge in [-0.05, 0) is 6.42 Å². The van der Waals surface area contributed by atoms with E-state index in [1.807, 2.05) is 6.92 Å². The number of hydrogen-bond donors (Lipinski definition) is 2. The largest absolute Gasteiger partial charge is 0.491 e. The third kappa shape index (κ3) is 1.07. The number of aromatic hydroxyl groups is 1. The Balaban J connectivity index is 2.87. The van der Waals surface area contributed by atoms with Gasteiger partial charge < -0.3 is 10.1 Å². The average molecular weight is 197 g/mol. The van der Waals surface area contributed by atoms with Gasteiger partial charge >= 0.3 is 0 Å². The summed E-state index contributed by atoms with van der Waals surface area (Å²) < 4.78 is 13.9. The quantitative estimate of drug-likeness (QED) is 0.696. The van der Waals surface area contributed by atoms with E-state index in [0.717, 1.165) is 4.52 Å². The second-order valence-corrected chi connectivity index (χ2v) is 2.88. The summed E-state index contributed by atoms with van der Waals surface area (Å²) in [5.41, 5.74) is 0.00449. The highest BCUT2D eigenvalue weighted by atomic mass is 19.1. The van der Waals surface area contributed by atoms with E-state index < -0.39 is 17.3 Å². The molecule has 2 aromatic rings. The molecule has 0 aliphatic rings. The van der Waals surface area contributed by atoms with Crippen molar-refractivity contribution in [2.45, 2.75) is 13.3 Å². The second-order valence-electron chi connectivity index (χ2n) is 2.88. The molecular formula is C8H8FN3O2. The van der Waals surface area contributed by atoms with Crippen LogP contribution in [0.4, 0.5) is 4.39 Å². The molecule has 74 valence electrons. The van der Waals surface area contributed by atoms with Gasteiger partial charge in [0.2, 0.25) is 5.82 Å². The third-order valence-electron chi connectivity index (χ3n) is 1.96. The molecule has 2 heterocycles. The first kappa shape index (κ1) is 8.74. The first-order chi connectivity index (χ1) is 6.63. The summed E-state index contributed by atoms with van der Waals surface area (Å²) in [5, 5.41) is 13.1. The van der Waals surface area contributed by atoms with Crippen LogP contribution in [0, 0.1) is 5.82 Å². The highest BCUT2D eigenvalue weighted by molar-refractivity contribution is 5.41. The number of aryl methyl sites for hydroxylation is 1. The van der Waals surface area contributed by atoms with Gasteiger partial charge in [0.05, 0.1) is 5.69 Å². The van der Waals surface area contributed by atoms with E-state index in [2.05, 4.69) is 10.1 Å². The zero-order valence-electron chi connectivity index (χ0n) is 7.41. The van der Waals surface area contributed by atoms with Crippen LogP contribution in [0.2, 0.25) is 0 Å². The fourth-order valence-electron chi connectivity index (χ4n) is 1.22. The number of nitrogens with one attached hydrogen (secondary N) is 1. The minimum Gasteiger partial charge on any atom is -0.491 e. The summed E-state index contributed by atoms with van der Waals surface area (Å²) in [6.45, 7) is 1.87. The lowest BCUT2D eigenvalue weighted by molar-refractivity contribution is 0.390. The van der Waals surface area contributed by atoms with Crippen LogP contribution >= 0.6 is 0 Å². The van der Waals surface area contributed by atoms with Gasteiger partial charge in [-0.15, -0.1) is 0 Å². The molecule has 6 heteroatoms. The minimum atomic E-state index is -1.22. The predicted octanol–water partition coefficient (Wildman–Crippen LogP) is 0.430. The van der Waals surface area contributed by atoms with Crippen molar-refractivity contribution in [2.75, 3.05) is 0 Å². The summed E-state index contributed by atoms with van der Waals surface area (Å²) >= 11 is 0. The number of rotatable bonds is 1. The average Bonchev–Trinajstić information content (AvgIpc) is 2.57. The Hall–Kier alpha value is -1.85. The monoisotopic (exact) mass is 197 g/mol. The molecule has 0 fully saturated rings. The summed E-state index contributed by atoms with van der Waals surface area (Å²) in [6, 6.07) is 1.58. The Morgan fingerprint density at radius 1 is 1.71 bits per heavy atom. The summed E-state index contributed by atoms with van der Waals surface area (Å²) in [7, 11) is 0. The van der Waals surface area contributed by atoms with Gasteiger partial charge in [0.15, 0.2) is 0 Å². The first-order valence-electron chi connectivity index (χ1n) is 4.13. The van der Waals surface area contributed by atoms with Crippen LogP contribution in [0.5, 0.6) is 5.88 Å². The summed E-state index contributed by atoms with van der Waals surface area (Å²) in [6.07, 6.45) is 0.644. The molecule has 0 aliphatic carbocycles. The number of H-pyrrole nitrogens is 1. The van der Waals surface area contributed by atoms with Crippen molar-refractivity contribution >= 4 is 5.65 Å². The molecule has 2 aromatic heterocycles. The van der Waals surface area contributed by atoms with E-state index in [4.69, 9.17) is 0 Å². The normalized spacial score (nSPS) is 11.0. The molecular weight excluding hydrogens is 189 g/mol.